The Bertz CT molecular complexity index is 1460. The third kappa shape index (κ3) is 3.71. The Morgan fingerprint density at radius 2 is 1.73 bits per heavy atom. The number of amides is 1. The van der Waals surface area contributed by atoms with Crippen LogP contribution in [0.4, 0.5) is 5.13 Å². The molecule has 0 saturated carbocycles. The van der Waals surface area contributed by atoms with E-state index in [1.54, 1.807) is 36.4 Å². The predicted octanol–water partition coefficient (Wildman–Crippen LogP) is 6.19. The van der Waals surface area contributed by atoms with Crippen LogP contribution in [-0.2, 0) is 9.59 Å². The number of fused-ring (bicyclic) bond motifs is 1. The van der Waals surface area contributed by atoms with Crippen LogP contribution < -0.4 is 4.90 Å². The lowest BCUT2D eigenvalue weighted by Crippen LogP contribution is -2.29. The molecule has 164 valence electrons. The molecule has 4 aromatic rings. The maximum atomic E-state index is 13.3. The van der Waals surface area contributed by atoms with E-state index < -0.39 is 17.7 Å². The fourth-order valence-electron chi connectivity index (χ4n) is 4.01. The summed E-state index contributed by atoms with van der Waals surface area (Å²) < 4.78 is 0.912. The summed E-state index contributed by atoms with van der Waals surface area (Å²) in [5.74, 6) is -1.71. The van der Waals surface area contributed by atoms with Gasteiger partial charge in [0.15, 0.2) is 5.13 Å². The molecule has 1 aromatic heterocycles. The third-order valence-electron chi connectivity index (χ3n) is 5.67. The third-order valence-corrected chi connectivity index (χ3v) is 6.93. The molecule has 0 spiro atoms. The van der Waals surface area contributed by atoms with Crippen LogP contribution in [0, 0.1) is 13.8 Å². The van der Waals surface area contributed by atoms with Gasteiger partial charge in [-0.3, -0.25) is 14.5 Å². The summed E-state index contributed by atoms with van der Waals surface area (Å²) in [5.41, 5.74) is 3.93. The molecule has 1 atom stereocenters. The SMILES string of the molecule is Cc1ccc(/C(O)=C2\C(=O)C(=O)N(c3nc4ccc(C)cc4s3)[C@@H]2c2cccc(Cl)c2)cc1. The number of ketones is 1. The van der Waals surface area contributed by atoms with Gasteiger partial charge in [-0.25, -0.2) is 4.98 Å². The number of aromatic nitrogens is 1. The number of aliphatic hydroxyl groups is 1. The number of carbonyl (C=O) groups excluding carboxylic acids is 2. The van der Waals surface area contributed by atoms with Crippen molar-refractivity contribution >= 4 is 55.7 Å². The summed E-state index contributed by atoms with van der Waals surface area (Å²) in [5, 5.41) is 12.0. The Hall–Kier alpha value is -3.48. The van der Waals surface area contributed by atoms with Gasteiger partial charge < -0.3 is 5.11 Å². The number of aryl methyl sites for hydroxylation is 2. The molecule has 1 fully saturated rings. The number of hydrogen-bond donors (Lipinski definition) is 1. The number of benzene rings is 3. The van der Waals surface area contributed by atoms with Gasteiger partial charge in [-0.15, -0.1) is 0 Å². The molecule has 0 bridgehead atoms. The van der Waals surface area contributed by atoms with Crippen LogP contribution in [0.2, 0.25) is 5.02 Å². The molecule has 33 heavy (non-hydrogen) atoms. The molecule has 1 aliphatic rings. The van der Waals surface area contributed by atoms with Crippen molar-refractivity contribution in [1.82, 2.24) is 4.98 Å². The summed E-state index contributed by atoms with van der Waals surface area (Å²) in [7, 11) is 0. The topological polar surface area (TPSA) is 70.5 Å². The van der Waals surface area contributed by atoms with E-state index in [0.29, 0.717) is 21.3 Å². The van der Waals surface area contributed by atoms with Gasteiger partial charge in [0.25, 0.3) is 5.78 Å². The molecule has 3 aromatic carbocycles. The summed E-state index contributed by atoms with van der Waals surface area (Å²) in [6.07, 6.45) is 0. The molecule has 1 aliphatic heterocycles. The van der Waals surface area contributed by atoms with Gasteiger partial charge in [-0.2, -0.15) is 0 Å². The second-order valence-electron chi connectivity index (χ2n) is 8.06. The Morgan fingerprint density at radius 3 is 2.45 bits per heavy atom. The van der Waals surface area contributed by atoms with Crippen LogP contribution >= 0.6 is 22.9 Å². The van der Waals surface area contributed by atoms with Gasteiger partial charge >= 0.3 is 5.91 Å². The fourth-order valence-corrected chi connectivity index (χ4v) is 5.30. The van der Waals surface area contributed by atoms with Gasteiger partial charge in [-0.1, -0.05) is 71.0 Å². The average molecular weight is 475 g/mol. The van der Waals surface area contributed by atoms with Crippen LogP contribution in [0.3, 0.4) is 0 Å². The van der Waals surface area contributed by atoms with E-state index in [0.717, 1.165) is 21.3 Å². The highest BCUT2D eigenvalue weighted by Gasteiger charge is 2.48. The van der Waals surface area contributed by atoms with Gasteiger partial charge in [0.1, 0.15) is 5.76 Å². The Kier molecular flexibility index (Phi) is 5.27. The largest absolute Gasteiger partial charge is 0.507 e. The molecule has 0 unspecified atom stereocenters. The molecule has 2 heterocycles. The van der Waals surface area contributed by atoms with Crippen molar-refractivity contribution in [3.05, 3.63) is 99.6 Å². The van der Waals surface area contributed by atoms with E-state index in [4.69, 9.17) is 11.6 Å². The van der Waals surface area contributed by atoms with Crippen molar-refractivity contribution < 1.29 is 14.7 Å². The minimum absolute atomic E-state index is 0.0153. The van der Waals surface area contributed by atoms with E-state index >= 15 is 0 Å². The fraction of sp³-hybridized carbons (Fsp3) is 0.115. The van der Waals surface area contributed by atoms with Crippen LogP contribution in [0.5, 0.6) is 0 Å². The quantitative estimate of drug-likeness (QED) is 0.218. The highest BCUT2D eigenvalue weighted by atomic mass is 35.5. The zero-order valence-electron chi connectivity index (χ0n) is 17.9. The van der Waals surface area contributed by atoms with Crippen molar-refractivity contribution in [1.29, 1.82) is 0 Å². The lowest BCUT2D eigenvalue weighted by Gasteiger charge is -2.23. The zero-order valence-corrected chi connectivity index (χ0v) is 19.4. The average Bonchev–Trinajstić information content (AvgIpc) is 3.32. The number of thiazole rings is 1. The first kappa shape index (κ1) is 21.4. The molecular formula is C26H19ClN2O3S. The number of Topliss-reactive ketones (excluding diaryl/α,β-unsaturated/α-hetero) is 1. The second kappa shape index (κ2) is 8.14. The molecule has 0 aliphatic carbocycles. The molecule has 1 N–H and O–H groups in total. The molecule has 0 radical (unpaired) electrons. The van der Waals surface area contributed by atoms with Gasteiger partial charge in [-0.05, 0) is 49.2 Å². The summed E-state index contributed by atoms with van der Waals surface area (Å²) in [6.45, 7) is 3.92. The lowest BCUT2D eigenvalue weighted by molar-refractivity contribution is -0.132. The molecule has 7 heteroatoms. The lowest BCUT2D eigenvalue weighted by atomic mass is 9.95. The van der Waals surface area contributed by atoms with E-state index in [1.807, 2.05) is 44.2 Å². The maximum absolute atomic E-state index is 13.3. The second-order valence-corrected chi connectivity index (χ2v) is 9.50. The van der Waals surface area contributed by atoms with Crippen molar-refractivity contribution in [2.24, 2.45) is 0 Å². The van der Waals surface area contributed by atoms with Gasteiger partial charge in [0.2, 0.25) is 0 Å². The zero-order chi connectivity index (χ0) is 23.3. The smallest absolute Gasteiger partial charge is 0.301 e. The Labute approximate surface area is 199 Å². The monoisotopic (exact) mass is 474 g/mol. The number of nitrogens with zero attached hydrogens (tertiary/aromatic N) is 2. The van der Waals surface area contributed by atoms with Crippen LogP contribution in [0.25, 0.3) is 16.0 Å². The first-order valence-electron chi connectivity index (χ1n) is 10.3. The van der Waals surface area contributed by atoms with Gasteiger partial charge in [0, 0.05) is 10.6 Å². The molecular weight excluding hydrogens is 456 g/mol. The van der Waals surface area contributed by atoms with E-state index in [2.05, 4.69) is 4.98 Å². The standard InChI is InChI=1S/C26H19ClN2O3S/c1-14-6-9-16(10-7-14)23(30)21-22(17-4-3-5-18(27)13-17)29(25(32)24(21)31)26-28-19-11-8-15(2)12-20(19)33-26/h3-13,22,30H,1-2H3/b23-21+/t22-/m1/s1. The van der Waals surface area contributed by atoms with Crippen LogP contribution in [-0.4, -0.2) is 21.8 Å². The number of hydrogen-bond acceptors (Lipinski definition) is 5. The summed E-state index contributed by atoms with van der Waals surface area (Å²) >= 11 is 7.59. The highest BCUT2D eigenvalue weighted by molar-refractivity contribution is 7.22. The number of halogens is 1. The number of carbonyl (C=O) groups is 2. The van der Waals surface area contributed by atoms with Crippen LogP contribution in [0.15, 0.2) is 72.3 Å². The molecule has 1 saturated heterocycles. The maximum Gasteiger partial charge on any atom is 0.301 e. The Balaban J connectivity index is 1.74. The number of anilines is 1. The van der Waals surface area contributed by atoms with E-state index in [-0.39, 0.29) is 11.3 Å². The summed E-state index contributed by atoms with van der Waals surface area (Å²) in [4.78, 5) is 32.5. The molecule has 5 nitrogen and oxygen atoms in total. The first-order valence-corrected chi connectivity index (χ1v) is 11.5. The molecule has 1 amide bonds. The van der Waals surface area contributed by atoms with Crippen molar-refractivity contribution in [3.8, 4) is 0 Å². The van der Waals surface area contributed by atoms with Crippen molar-refractivity contribution in [3.63, 3.8) is 0 Å². The normalized spacial score (nSPS) is 17.8. The molecule has 5 rings (SSSR count). The van der Waals surface area contributed by atoms with E-state index in [1.165, 1.54) is 16.2 Å². The Morgan fingerprint density at radius 1 is 1.00 bits per heavy atom. The van der Waals surface area contributed by atoms with Crippen molar-refractivity contribution in [2.45, 2.75) is 19.9 Å². The highest BCUT2D eigenvalue weighted by Crippen LogP contribution is 2.44. The predicted molar refractivity (Wildman–Crippen MR) is 132 cm³/mol. The number of rotatable bonds is 3. The van der Waals surface area contributed by atoms with E-state index in [9.17, 15) is 14.7 Å². The number of aliphatic hydroxyl groups excluding tert-OH is 1. The minimum Gasteiger partial charge on any atom is -0.507 e. The first-order chi connectivity index (χ1) is 15.8. The van der Waals surface area contributed by atoms with Crippen LogP contribution in [0.1, 0.15) is 28.3 Å². The minimum atomic E-state index is -0.855. The van der Waals surface area contributed by atoms with Crippen molar-refractivity contribution in [2.75, 3.05) is 4.90 Å². The summed E-state index contributed by atoms with van der Waals surface area (Å²) in [6, 6.07) is 19.1. The van der Waals surface area contributed by atoms with Gasteiger partial charge in [0.05, 0.1) is 21.8 Å².